The van der Waals surface area contributed by atoms with Gasteiger partial charge in [0.05, 0.1) is 17.3 Å². The zero-order valence-corrected chi connectivity index (χ0v) is 22.9. The van der Waals surface area contributed by atoms with Gasteiger partial charge in [0.15, 0.2) is 18.1 Å². The molecular weight excluding hydrogens is 552 g/mol. The fraction of sp³-hybridized carbons (Fsp3) is 0.214. The number of carbonyl (C=O) groups is 3. The quantitative estimate of drug-likeness (QED) is 0.188. The van der Waals surface area contributed by atoms with E-state index in [0.717, 1.165) is 16.7 Å². The van der Waals surface area contributed by atoms with E-state index in [1.807, 2.05) is 69.3 Å². The van der Waals surface area contributed by atoms with Gasteiger partial charge in [0, 0.05) is 12.2 Å². The topological polar surface area (TPSA) is 118 Å². The Morgan fingerprint density at radius 1 is 0.947 bits per heavy atom. The van der Waals surface area contributed by atoms with Crippen molar-refractivity contribution in [3.05, 3.63) is 87.4 Å². The average molecular weight is 581 g/mol. The van der Waals surface area contributed by atoms with Gasteiger partial charge in [-0.05, 0) is 83.2 Å². The fourth-order valence-electron chi connectivity index (χ4n) is 3.29. The largest absolute Gasteiger partial charge is 0.490 e. The van der Waals surface area contributed by atoms with Crippen LogP contribution >= 0.6 is 15.9 Å². The van der Waals surface area contributed by atoms with Gasteiger partial charge in [0.2, 0.25) is 0 Å². The van der Waals surface area contributed by atoms with Crippen LogP contribution in [0.3, 0.4) is 0 Å². The Kier molecular flexibility index (Phi) is 10.4. The SMILES string of the molecule is CCOc1cc(/C=N/NC(=O)C(=O)NCc2ccccc2)cc(Br)c1OCC(=O)Nc1ccc(C)c(C)c1. The summed E-state index contributed by atoms with van der Waals surface area (Å²) in [4.78, 5) is 36.5. The summed E-state index contributed by atoms with van der Waals surface area (Å²) >= 11 is 3.44. The van der Waals surface area contributed by atoms with Gasteiger partial charge in [0.25, 0.3) is 5.91 Å². The zero-order chi connectivity index (χ0) is 27.5. The van der Waals surface area contributed by atoms with E-state index in [1.54, 1.807) is 12.1 Å². The smallest absolute Gasteiger partial charge is 0.329 e. The molecule has 0 unspecified atom stereocenters. The van der Waals surface area contributed by atoms with Crippen LogP contribution in [0.15, 0.2) is 70.2 Å². The highest BCUT2D eigenvalue weighted by Crippen LogP contribution is 2.36. The van der Waals surface area contributed by atoms with Gasteiger partial charge in [-0.1, -0.05) is 36.4 Å². The summed E-state index contributed by atoms with van der Waals surface area (Å²) in [5, 5.41) is 9.20. The third-order valence-corrected chi connectivity index (χ3v) is 5.94. The Morgan fingerprint density at radius 3 is 2.42 bits per heavy atom. The number of anilines is 1. The Balaban J connectivity index is 1.58. The van der Waals surface area contributed by atoms with Crippen LogP contribution in [0, 0.1) is 13.8 Å². The van der Waals surface area contributed by atoms with Crippen molar-refractivity contribution in [1.82, 2.24) is 10.7 Å². The molecule has 0 spiro atoms. The molecule has 3 N–H and O–H groups in total. The molecule has 3 amide bonds. The Hall–Kier alpha value is -4.18. The van der Waals surface area contributed by atoms with E-state index in [1.165, 1.54) is 6.21 Å². The molecule has 9 nitrogen and oxygen atoms in total. The lowest BCUT2D eigenvalue weighted by Crippen LogP contribution is -2.37. The third-order valence-electron chi connectivity index (χ3n) is 5.35. The normalized spacial score (nSPS) is 10.6. The molecule has 0 bridgehead atoms. The minimum atomic E-state index is -0.893. The number of nitrogens with one attached hydrogen (secondary N) is 3. The minimum Gasteiger partial charge on any atom is -0.490 e. The van der Waals surface area contributed by atoms with Crippen molar-refractivity contribution >= 4 is 45.6 Å². The standard InChI is InChI=1S/C28H29BrN4O5/c1-4-37-24-14-21(16-31-33-28(36)27(35)30-15-20-8-6-5-7-9-20)13-23(29)26(24)38-17-25(34)32-22-11-10-18(2)19(3)12-22/h5-14,16H,4,15,17H2,1-3H3,(H,30,35)(H,32,34)(H,33,36)/b31-16+. The maximum Gasteiger partial charge on any atom is 0.329 e. The third kappa shape index (κ3) is 8.45. The summed E-state index contributed by atoms with van der Waals surface area (Å²) in [6, 6.07) is 18.2. The maximum atomic E-state index is 12.4. The number of carbonyl (C=O) groups excluding carboxylic acids is 3. The first-order chi connectivity index (χ1) is 18.3. The zero-order valence-electron chi connectivity index (χ0n) is 21.3. The molecule has 0 saturated heterocycles. The highest BCUT2D eigenvalue weighted by Gasteiger charge is 2.15. The van der Waals surface area contributed by atoms with Gasteiger partial charge in [-0.3, -0.25) is 14.4 Å². The van der Waals surface area contributed by atoms with E-state index in [9.17, 15) is 14.4 Å². The second kappa shape index (κ2) is 13.9. The van der Waals surface area contributed by atoms with E-state index >= 15 is 0 Å². The van der Waals surface area contributed by atoms with Gasteiger partial charge in [-0.2, -0.15) is 5.10 Å². The van der Waals surface area contributed by atoms with Crippen molar-refractivity contribution < 1.29 is 23.9 Å². The van der Waals surface area contributed by atoms with Gasteiger partial charge in [-0.15, -0.1) is 0 Å². The number of hydrazone groups is 1. The highest BCUT2D eigenvalue weighted by molar-refractivity contribution is 9.10. The first kappa shape index (κ1) is 28.4. The molecule has 0 atom stereocenters. The summed E-state index contributed by atoms with van der Waals surface area (Å²) in [5.41, 5.74) is 6.54. The first-order valence-electron chi connectivity index (χ1n) is 11.9. The van der Waals surface area contributed by atoms with Crippen molar-refractivity contribution in [1.29, 1.82) is 0 Å². The van der Waals surface area contributed by atoms with E-state index < -0.39 is 11.8 Å². The molecule has 0 saturated carbocycles. The Bertz CT molecular complexity index is 1330. The molecule has 38 heavy (non-hydrogen) atoms. The maximum absolute atomic E-state index is 12.4. The molecule has 3 aromatic carbocycles. The number of benzene rings is 3. The highest BCUT2D eigenvalue weighted by atomic mass is 79.9. The lowest BCUT2D eigenvalue weighted by molar-refractivity contribution is -0.139. The second-order valence-corrected chi connectivity index (χ2v) is 9.12. The molecule has 0 heterocycles. The minimum absolute atomic E-state index is 0.228. The number of amides is 3. The summed E-state index contributed by atoms with van der Waals surface area (Å²) in [7, 11) is 0. The fourth-order valence-corrected chi connectivity index (χ4v) is 3.87. The molecule has 0 radical (unpaired) electrons. The number of halogens is 1. The van der Waals surface area contributed by atoms with Crippen molar-refractivity contribution in [3.8, 4) is 11.5 Å². The lowest BCUT2D eigenvalue weighted by Gasteiger charge is -2.15. The second-order valence-electron chi connectivity index (χ2n) is 8.27. The first-order valence-corrected chi connectivity index (χ1v) is 12.7. The van der Waals surface area contributed by atoms with Gasteiger partial charge in [-0.25, -0.2) is 5.43 Å². The molecule has 0 aliphatic carbocycles. The van der Waals surface area contributed by atoms with Crippen molar-refractivity contribution in [2.24, 2.45) is 5.10 Å². The number of nitrogens with zero attached hydrogens (tertiary/aromatic N) is 1. The molecule has 0 fully saturated rings. The van der Waals surface area contributed by atoms with Crippen molar-refractivity contribution in [2.45, 2.75) is 27.3 Å². The van der Waals surface area contributed by atoms with Crippen LogP contribution in [0.1, 0.15) is 29.2 Å². The number of ether oxygens (including phenoxy) is 2. The molecule has 10 heteroatoms. The summed E-state index contributed by atoms with van der Waals surface area (Å²) in [6.07, 6.45) is 1.37. The van der Waals surface area contributed by atoms with E-state index in [0.29, 0.717) is 33.8 Å². The number of hydrogen-bond donors (Lipinski definition) is 3. The van der Waals surface area contributed by atoms with E-state index in [-0.39, 0.29) is 19.1 Å². The average Bonchev–Trinajstić information content (AvgIpc) is 2.89. The molecule has 3 aromatic rings. The lowest BCUT2D eigenvalue weighted by atomic mass is 10.1. The molecule has 0 aromatic heterocycles. The van der Waals surface area contributed by atoms with Crippen molar-refractivity contribution in [2.75, 3.05) is 18.5 Å². The van der Waals surface area contributed by atoms with Crippen LogP contribution < -0.4 is 25.5 Å². The molecular formula is C28H29BrN4O5. The molecule has 0 aliphatic rings. The van der Waals surface area contributed by atoms with Crippen LogP contribution in [0.4, 0.5) is 5.69 Å². The van der Waals surface area contributed by atoms with Crippen LogP contribution in [0.25, 0.3) is 0 Å². The molecule has 0 aliphatic heterocycles. The monoisotopic (exact) mass is 580 g/mol. The van der Waals surface area contributed by atoms with E-state index in [2.05, 4.69) is 37.1 Å². The predicted octanol–water partition coefficient (Wildman–Crippen LogP) is 4.25. The number of hydrogen-bond acceptors (Lipinski definition) is 6. The molecule has 198 valence electrons. The van der Waals surface area contributed by atoms with Gasteiger partial charge < -0.3 is 20.1 Å². The predicted molar refractivity (Wildman–Crippen MR) is 149 cm³/mol. The molecule has 3 rings (SSSR count). The van der Waals surface area contributed by atoms with E-state index in [4.69, 9.17) is 9.47 Å². The van der Waals surface area contributed by atoms with Gasteiger partial charge in [0.1, 0.15) is 0 Å². The summed E-state index contributed by atoms with van der Waals surface area (Å²) < 4.78 is 12.0. The summed E-state index contributed by atoms with van der Waals surface area (Å²) in [5.74, 6) is -1.28. The van der Waals surface area contributed by atoms with Gasteiger partial charge >= 0.3 is 11.8 Å². The summed E-state index contributed by atoms with van der Waals surface area (Å²) in [6.45, 7) is 6.15. The Morgan fingerprint density at radius 2 is 1.71 bits per heavy atom. The van der Waals surface area contributed by atoms with Crippen LogP contribution in [-0.2, 0) is 20.9 Å². The van der Waals surface area contributed by atoms with Crippen LogP contribution in [-0.4, -0.2) is 37.1 Å². The Labute approximate surface area is 229 Å². The number of aryl methyl sites for hydroxylation is 2. The van der Waals surface area contributed by atoms with Crippen LogP contribution in [0.5, 0.6) is 11.5 Å². The number of rotatable bonds is 10. The van der Waals surface area contributed by atoms with Crippen molar-refractivity contribution in [3.63, 3.8) is 0 Å². The van der Waals surface area contributed by atoms with Crippen LogP contribution in [0.2, 0.25) is 0 Å².